The van der Waals surface area contributed by atoms with E-state index >= 15 is 0 Å². The van der Waals surface area contributed by atoms with Crippen LogP contribution in [0.5, 0.6) is 0 Å². The van der Waals surface area contributed by atoms with Gasteiger partial charge in [0.2, 0.25) is 11.9 Å². The third kappa shape index (κ3) is 3.65. The SMILES string of the molecule is N[C@@H]1CN(c2nc3ccc(F)cc3n2CC(=O)N2CCOCC2C2CC2)CC[C@H]1F. The van der Waals surface area contributed by atoms with E-state index in [-0.39, 0.29) is 24.3 Å². The van der Waals surface area contributed by atoms with E-state index in [1.807, 2.05) is 9.80 Å². The molecule has 162 valence electrons. The van der Waals surface area contributed by atoms with Crippen LogP contribution in [0.2, 0.25) is 0 Å². The molecular weight excluding hydrogens is 392 g/mol. The lowest BCUT2D eigenvalue weighted by atomic mass is 10.1. The molecule has 2 aliphatic heterocycles. The van der Waals surface area contributed by atoms with Gasteiger partial charge in [0, 0.05) is 19.6 Å². The number of carbonyl (C=O) groups excluding carboxylic acids is 1. The van der Waals surface area contributed by atoms with Crippen molar-refractivity contribution < 1.29 is 18.3 Å². The number of ether oxygens (including phenoxy) is 1. The molecule has 30 heavy (non-hydrogen) atoms. The molecule has 1 aromatic carbocycles. The molecule has 0 bridgehead atoms. The van der Waals surface area contributed by atoms with Gasteiger partial charge in [-0.3, -0.25) is 4.79 Å². The molecule has 5 rings (SSSR count). The number of rotatable bonds is 4. The number of aromatic nitrogens is 2. The third-order valence-corrected chi connectivity index (χ3v) is 6.49. The number of anilines is 1. The number of halogens is 2. The zero-order chi connectivity index (χ0) is 20.8. The monoisotopic (exact) mass is 419 g/mol. The van der Waals surface area contributed by atoms with Gasteiger partial charge in [-0.05, 0) is 43.4 Å². The number of piperidine rings is 1. The van der Waals surface area contributed by atoms with E-state index in [2.05, 4.69) is 4.98 Å². The van der Waals surface area contributed by atoms with Crippen molar-refractivity contribution in [2.24, 2.45) is 11.7 Å². The Bertz CT molecular complexity index is 947. The van der Waals surface area contributed by atoms with Crippen LogP contribution >= 0.6 is 0 Å². The van der Waals surface area contributed by atoms with Crippen LogP contribution in [0.1, 0.15) is 19.3 Å². The van der Waals surface area contributed by atoms with Gasteiger partial charge in [0.1, 0.15) is 18.5 Å². The molecule has 7 nitrogen and oxygen atoms in total. The van der Waals surface area contributed by atoms with E-state index in [4.69, 9.17) is 10.5 Å². The van der Waals surface area contributed by atoms with Crippen LogP contribution in [0.3, 0.4) is 0 Å². The number of amides is 1. The number of hydrogen-bond donors (Lipinski definition) is 1. The van der Waals surface area contributed by atoms with Gasteiger partial charge >= 0.3 is 0 Å². The minimum atomic E-state index is -1.05. The van der Waals surface area contributed by atoms with Gasteiger partial charge in [0.25, 0.3) is 0 Å². The normalized spacial score (nSPS) is 27.6. The maximum absolute atomic E-state index is 14.0. The predicted molar refractivity (Wildman–Crippen MR) is 108 cm³/mol. The topological polar surface area (TPSA) is 76.6 Å². The summed E-state index contributed by atoms with van der Waals surface area (Å²) in [5.74, 6) is 0.642. The average molecular weight is 419 g/mol. The Morgan fingerprint density at radius 3 is 2.87 bits per heavy atom. The van der Waals surface area contributed by atoms with Crippen molar-refractivity contribution in [1.29, 1.82) is 0 Å². The number of carbonyl (C=O) groups is 1. The highest BCUT2D eigenvalue weighted by Gasteiger charge is 2.39. The fourth-order valence-electron chi connectivity index (χ4n) is 4.65. The number of nitrogens with two attached hydrogens (primary N) is 1. The summed E-state index contributed by atoms with van der Waals surface area (Å²) in [5, 5.41) is 0. The Labute approximate surface area is 173 Å². The maximum Gasteiger partial charge on any atom is 0.243 e. The van der Waals surface area contributed by atoms with Crippen LogP contribution in [-0.4, -0.2) is 71.5 Å². The lowest BCUT2D eigenvalue weighted by molar-refractivity contribution is -0.141. The minimum absolute atomic E-state index is 0.0234. The van der Waals surface area contributed by atoms with Crippen LogP contribution in [-0.2, 0) is 16.1 Å². The zero-order valence-electron chi connectivity index (χ0n) is 16.8. The molecule has 1 amide bonds. The summed E-state index contributed by atoms with van der Waals surface area (Å²) in [5.41, 5.74) is 7.12. The van der Waals surface area contributed by atoms with Gasteiger partial charge in [-0.1, -0.05) is 0 Å². The van der Waals surface area contributed by atoms with Gasteiger partial charge in [0.05, 0.1) is 36.3 Å². The largest absolute Gasteiger partial charge is 0.377 e. The Morgan fingerprint density at radius 2 is 2.10 bits per heavy atom. The van der Waals surface area contributed by atoms with Crippen LogP contribution in [0.25, 0.3) is 11.0 Å². The standard InChI is InChI=1S/C21H27F2N5O2/c22-14-3-4-17-18(9-14)28(21(25-17)26-6-5-15(23)16(24)10-26)11-20(29)27-7-8-30-12-19(27)13-1-2-13/h3-4,9,13,15-16,19H,1-2,5-8,10-12,24H2/t15-,16-,19?/m1/s1. The maximum atomic E-state index is 14.0. The first-order valence-corrected chi connectivity index (χ1v) is 10.7. The van der Waals surface area contributed by atoms with Crippen molar-refractivity contribution in [2.75, 3.05) is 37.7 Å². The molecule has 3 heterocycles. The summed E-state index contributed by atoms with van der Waals surface area (Å²) < 4.78 is 35.3. The second-order valence-corrected chi connectivity index (χ2v) is 8.61. The first-order chi connectivity index (χ1) is 14.5. The summed E-state index contributed by atoms with van der Waals surface area (Å²) in [6.45, 7) is 2.49. The fraction of sp³-hybridized carbons (Fsp3) is 0.619. The highest BCUT2D eigenvalue weighted by molar-refractivity contribution is 5.83. The van der Waals surface area contributed by atoms with E-state index < -0.39 is 12.2 Å². The van der Waals surface area contributed by atoms with Crippen molar-refractivity contribution in [3.63, 3.8) is 0 Å². The smallest absolute Gasteiger partial charge is 0.243 e. The molecule has 0 spiro atoms. The number of benzene rings is 1. The summed E-state index contributed by atoms with van der Waals surface area (Å²) in [7, 11) is 0. The van der Waals surface area contributed by atoms with Crippen LogP contribution in [0.4, 0.5) is 14.7 Å². The number of nitrogens with zero attached hydrogens (tertiary/aromatic N) is 4. The number of morpholine rings is 1. The van der Waals surface area contributed by atoms with E-state index in [1.54, 1.807) is 10.6 Å². The molecule has 3 atom stereocenters. The molecule has 3 aliphatic rings. The summed E-state index contributed by atoms with van der Waals surface area (Å²) in [6, 6.07) is 3.86. The Balaban J connectivity index is 1.47. The van der Waals surface area contributed by atoms with Gasteiger partial charge in [-0.2, -0.15) is 0 Å². The van der Waals surface area contributed by atoms with Gasteiger partial charge < -0.3 is 24.8 Å². The quantitative estimate of drug-likeness (QED) is 0.816. The lowest BCUT2D eigenvalue weighted by Gasteiger charge is -2.37. The van der Waals surface area contributed by atoms with Crippen LogP contribution < -0.4 is 10.6 Å². The molecule has 1 aliphatic carbocycles. The first-order valence-electron chi connectivity index (χ1n) is 10.7. The first kappa shape index (κ1) is 19.7. The number of alkyl halides is 1. The number of imidazole rings is 1. The molecule has 3 fully saturated rings. The molecule has 0 radical (unpaired) electrons. The minimum Gasteiger partial charge on any atom is -0.377 e. The van der Waals surface area contributed by atoms with Crippen molar-refractivity contribution >= 4 is 22.9 Å². The molecule has 2 aromatic rings. The van der Waals surface area contributed by atoms with Gasteiger partial charge in [-0.25, -0.2) is 13.8 Å². The zero-order valence-corrected chi connectivity index (χ0v) is 16.8. The molecule has 9 heteroatoms. The summed E-state index contributed by atoms with van der Waals surface area (Å²) in [6.07, 6.45) is 1.50. The predicted octanol–water partition coefficient (Wildman–Crippen LogP) is 1.69. The number of fused-ring (bicyclic) bond motifs is 1. The molecule has 1 saturated carbocycles. The molecule has 2 N–H and O–H groups in total. The average Bonchev–Trinajstić information content (AvgIpc) is 3.53. The fourth-order valence-corrected chi connectivity index (χ4v) is 4.65. The second-order valence-electron chi connectivity index (χ2n) is 8.61. The summed E-state index contributed by atoms with van der Waals surface area (Å²) >= 11 is 0. The van der Waals surface area contributed by atoms with Crippen LogP contribution in [0.15, 0.2) is 18.2 Å². The van der Waals surface area contributed by atoms with Crippen molar-refractivity contribution in [1.82, 2.24) is 14.5 Å². The molecular formula is C21H27F2N5O2. The molecule has 1 unspecified atom stereocenters. The van der Waals surface area contributed by atoms with Crippen molar-refractivity contribution in [3.05, 3.63) is 24.0 Å². The molecule has 2 saturated heterocycles. The molecule has 1 aromatic heterocycles. The third-order valence-electron chi connectivity index (χ3n) is 6.49. The van der Waals surface area contributed by atoms with Gasteiger partial charge in [0.15, 0.2) is 0 Å². The Kier molecular flexibility index (Phi) is 5.10. The highest BCUT2D eigenvalue weighted by Crippen LogP contribution is 2.37. The van der Waals surface area contributed by atoms with E-state index in [9.17, 15) is 13.6 Å². The second kappa shape index (κ2) is 7.77. The van der Waals surface area contributed by atoms with Crippen molar-refractivity contribution in [3.8, 4) is 0 Å². The highest BCUT2D eigenvalue weighted by atomic mass is 19.1. The summed E-state index contributed by atoms with van der Waals surface area (Å²) in [4.78, 5) is 21.8. The Hall–Kier alpha value is -2.26. The number of hydrogen-bond acceptors (Lipinski definition) is 5. The van der Waals surface area contributed by atoms with E-state index in [1.165, 1.54) is 12.1 Å². The van der Waals surface area contributed by atoms with E-state index in [0.29, 0.717) is 62.2 Å². The van der Waals surface area contributed by atoms with Gasteiger partial charge in [-0.15, -0.1) is 0 Å². The van der Waals surface area contributed by atoms with Crippen LogP contribution in [0, 0.1) is 11.7 Å². The van der Waals surface area contributed by atoms with Crippen molar-refractivity contribution in [2.45, 2.75) is 44.1 Å². The van der Waals surface area contributed by atoms with E-state index in [0.717, 1.165) is 12.8 Å². The lowest BCUT2D eigenvalue weighted by Crippen LogP contribution is -2.52. The Morgan fingerprint density at radius 1 is 1.27 bits per heavy atom.